The average Bonchev–Trinajstić information content (AvgIpc) is 3.25. The molecule has 4 aromatic rings. The molecule has 5 rings (SSSR count). The maximum absolute atomic E-state index is 11.9. The monoisotopic (exact) mass is 393 g/mol. The summed E-state index contributed by atoms with van der Waals surface area (Å²) in [6, 6.07) is 15.2. The Kier molecular flexibility index (Phi) is 4.45. The number of rotatable bonds is 2. The van der Waals surface area contributed by atoms with Gasteiger partial charge in [0.25, 0.3) is 0 Å². The Bertz CT molecular complexity index is 1340. The molecule has 1 aliphatic heterocycles. The van der Waals surface area contributed by atoms with Gasteiger partial charge >= 0.3 is 5.97 Å². The summed E-state index contributed by atoms with van der Waals surface area (Å²) in [7, 11) is 0. The molecular formula is C25H19N3O2. The van der Waals surface area contributed by atoms with Crippen molar-refractivity contribution in [3.63, 3.8) is 0 Å². The maximum Gasteiger partial charge on any atom is 0.336 e. The van der Waals surface area contributed by atoms with Gasteiger partial charge in [-0.25, -0.2) is 9.78 Å². The van der Waals surface area contributed by atoms with E-state index in [2.05, 4.69) is 33.2 Å². The van der Waals surface area contributed by atoms with Crippen LogP contribution in [0.4, 0.5) is 5.82 Å². The molecule has 2 aromatic heterocycles. The Balaban J connectivity index is 1.62. The van der Waals surface area contributed by atoms with Gasteiger partial charge in [-0.3, -0.25) is 0 Å². The molecule has 5 heteroatoms. The fraction of sp³-hybridized carbons (Fsp3) is 0.120. The summed E-state index contributed by atoms with van der Waals surface area (Å²) in [6.45, 7) is 0.946. The average molecular weight is 393 g/mol. The summed E-state index contributed by atoms with van der Waals surface area (Å²) >= 11 is 0. The van der Waals surface area contributed by atoms with Crippen LogP contribution in [0.25, 0.3) is 22.0 Å². The quantitative estimate of drug-likeness (QED) is 0.432. The lowest BCUT2D eigenvalue weighted by molar-refractivity contribution is 0.0697. The molecule has 2 aromatic carbocycles. The van der Waals surface area contributed by atoms with Crippen LogP contribution in [0, 0.1) is 11.8 Å². The fourth-order valence-corrected chi connectivity index (χ4v) is 3.90. The summed E-state index contributed by atoms with van der Waals surface area (Å²) in [4.78, 5) is 19.6. The number of carboxylic acid groups (broad SMARTS) is 1. The van der Waals surface area contributed by atoms with E-state index in [0.29, 0.717) is 11.1 Å². The minimum Gasteiger partial charge on any atom is -0.478 e. The third-order valence-corrected chi connectivity index (χ3v) is 5.36. The topological polar surface area (TPSA) is 78.0 Å². The second-order valence-corrected chi connectivity index (χ2v) is 7.33. The Morgan fingerprint density at radius 3 is 2.93 bits per heavy atom. The zero-order valence-corrected chi connectivity index (χ0v) is 16.2. The minimum atomic E-state index is -0.971. The van der Waals surface area contributed by atoms with Crippen molar-refractivity contribution in [3.8, 4) is 23.0 Å². The van der Waals surface area contributed by atoms with Gasteiger partial charge in [-0.1, -0.05) is 30.0 Å². The highest BCUT2D eigenvalue weighted by Crippen LogP contribution is 2.30. The molecular weight excluding hydrogens is 374 g/mol. The van der Waals surface area contributed by atoms with E-state index in [1.54, 1.807) is 18.3 Å². The van der Waals surface area contributed by atoms with Crippen LogP contribution >= 0.6 is 0 Å². The van der Waals surface area contributed by atoms with Crippen LogP contribution in [-0.4, -0.2) is 27.6 Å². The van der Waals surface area contributed by atoms with E-state index >= 15 is 0 Å². The van der Waals surface area contributed by atoms with Gasteiger partial charge in [0.2, 0.25) is 0 Å². The van der Waals surface area contributed by atoms with E-state index in [1.807, 2.05) is 36.5 Å². The Labute approximate surface area is 173 Å². The van der Waals surface area contributed by atoms with Crippen LogP contribution in [0.2, 0.25) is 0 Å². The van der Waals surface area contributed by atoms with E-state index < -0.39 is 5.97 Å². The predicted molar refractivity (Wildman–Crippen MR) is 118 cm³/mol. The predicted octanol–water partition coefficient (Wildman–Crippen LogP) is 4.69. The number of aromatic amines is 1. The molecule has 3 heterocycles. The Hall–Kier alpha value is -4.04. The second kappa shape index (κ2) is 7.41. The zero-order chi connectivity index (χ0) is 20.5. The molecule has 0 spiro atoms. The lowest BCUT2D eigenvalue weighted by Gasteiger charge is -2.16. The number of nitrogens with one attached hydrogen (secondary N) is 2. The normalized spacial score (nSPS) is 12.5. The number of pyridine rings is 1. The van der Waals surface area contributed by atoms with E-state index in [0.717, 1.165) is 47.2 Å². The van der Waals surface area contributed by atoms with E-state index in [4.69, 9.17) is 0 Å². The molecule has 0 amide bonds. The standard InChI is InChI=1S/C25H19N3O2/c29-25(30)21-5-1-3-18(23(21)19-9-8-17-10-12-26-22(17)14-19)7-6-16-13-20-4-2-11-27-24(20)28-15-16/h1,3,5,8-10,12-15,26H,2,4,11H2,(H,27,28)(H,29,30). The molecule has 5 nitrogen and oxygen atoms in total. The molecule has 0 saturated heterocycles. The molecule has 0 radical (unpaired) electrons. The summed E-state index contributed by atoms with van der Waals surface area (Å²) in [5.41, 5.74) is 5.31. The highest BCUT2D eigenvalue weighted by Gasteiger charge is 2.16. The molecule has 0 saturated carbocycles. The molecule has 0 atom stereocenters. The number of carbonyl (C=O) groups is 1. The molecule has 1 aliphatic rings. The van der Waals surface area contributed by atoms with Crippen molar-refractivity contribution in [3.05, 3.63) is 83.2 Å². The van der Waals surface area contributed by atoms with Crippen molar-refractivity contribution >= 4 is 22.7 Å². The van der Waals surface area contributed by atoms with Gasteiger partial charge in [0, 0.05) is 41.1 Å². The summed E-state index contributed by atoms with van der Waals surface area (Å²) in [5.74, 6) is 6.33. The summed E-state index contributed by atoms with van der Waals surface area (Å²) in [6.07, 6.45) is 5.70. The number of H-pyrrole nitrogens is 1. The number of fused-ring (bicyclic) bond motifs is 2. The van der Waals surface area contributed by atoms with E-state index in [-0.39, 0.29) is 5.56 Å². The first-order valence-electron chi connectivity index (χ1n) is 9.88. The number of aromatic carboxylic acids is 1. The highest BCUT2D eigenvalue weighted by molar-refractivity contribution is 5.99. The largest absolute Gasteiger partial charge is 0.478 e. The van der Waals surface area contributed by atoms with Gasteiger partial charge in [-0.05, 0) is 59.7 Å². The van der Waals surface area contributed by atoms with E-state index in [1.165, 1.54) is 5.56 Å². The number of nitrogens with zero attached hydrogens (tertiary/aromatic N) is 1. The third kappa shape index (κ3) is 3.29. The van der Waals surface area contributed by atoms with Gasteiger partial charge in [-0.2, -0.15) is 0 Å². The third-order valence-electron chi connectivity index (χ3n) is 5.36. The highest BCUT2D eigenvalue weighted by atomic mass is 16.4. The molecule has 0 unspecified atom stereocenters. The lowest BCUT2D eigenvalue weighted by Crippen LogP contribution is -2.13. The number of aryl methyl sites for hydroxylation is 1. The number of hydrogen-bond acceptors (Lipinski definition) is 3. The van der Waals surface area contributed by atoms with E-state index in [9.17, 15) is 9.90 Å². The van der Waals surface area contributed by atoms with Crippen molar-refractivity contribution in [2.75, 3.05) is 11.9 Å². The van der Waals surface area contributed by atoms with Crippen LogP contribution in [-0.2, 0) is 6.42 Å². The Morgan fingerprint density at radius 2 is 2.03 bits per heavy atom. The first kappa shape index (κ1) is 18.0. The number of anilines is 1. The van der Waals surface area contributed by atoms with Crippen LogP contribution in [0.1, 0.15) is 33.5 Å². The Morgan fingerprint density at radius 1 is 1.10 bits per heavy atom. The summed E-state index contributed by atoms with van der Waals surface area (Å²) in [5, 5.41) is 14.1. The number of carboxylic acids is 1. The van der Waals surface area contributed by atoms with Crippen molar-refractivity contribution in [1.29, 1.82) is 0 Å². The first-order valence-corrected chi connectivity index (χ1v) is 9.88. The van der Waals surface area contributed by atoms with Crippen LogP contribution in [0.3, 0.4) is 0 Å². The van der Waals surface area contributed by atoms with Crippen LogP contribution in [0.5, 0.6) is 0 Å². The zero-order valence-electron chi connectivity index (χ0n) is 16.2. The van der Waals surface area contributed by atoms with Crippen molar-refractivity contribution < 1.29 is 9.90 Å². The van der Waals surface area contributed by atoms with Gasteiger partial charge in [0.1, 0.15) is 5.82 Å². The van der Waals surface area contributed by atoms with Crippen LogP contribution in [0.15, 0.2) is 60.9 Å². The molecule has 30 heavy (non-hydrogen) atoms. The molecule has 0 fully saturated rings. The smallest absolute Gasteiger partial charge is 0.336 e. The number of aromatic nitrogens is 2. The first-order chi connectivity index (χ1) is 14.7. The molecule has 0 bridgehead atoms. The lowest BCUT2D eigenvalue weighted by atomic mass is 9.93. The van der Waals surface area contributed by atoms with Crippen LogP contribution < -0.4 is 5.32 Å². The SMILES string of the molecule is O=C(O)c1cccc(C#Cc2cnc3c(c2)CCCN3)c1-c1ccc2cc[nH]c2c1. The summed E-state index contributed by atoms with van der Waals surface area (Å²) < 4.78 is 0. The van der Waals surface area contributed by atoms with Crippen molar-refractivity contribution in [1.82, 2.24) is 9.97 Å². The van der Waals surface area contributed by atoms with Crippen molar-refractivity contribution in [2.45, 2.75) is 12.8 Å². The minimum absolute atomic E-state index is 0.237. The number of benzene rings is 2. The maximum atomic E-state index is 11.9. The molecule has 0 aliphatic carbocycles. The van der Waals surface area contributed by atoms with Crippen molar-refractivity contribution in [2.24, 2.45) is 0 Å². The second-order valence-electron chi connectivity index (χ2n) is 7.33. The van der Waals surface area contributed by atoms with Gasteiger partial charge in [-0.15, -0.1) is 0 Å². The molecule has 146 valence electrons. The van der Waals surface area contributed by atoms with Gasteiger partial charge in [0.05, 0.1) is 5.56 Å². The van der Waals surface area contributed by atoms with Gasteiger partial charge in [0.15, 0.2) is 0 Å². The van der Waals surface area contributed by atoms with Gasteiger partial charge < -0.3 is 15.4 Å². The molecule has 3 N–H and O–H groups in total. The fourth-order valence-electron chi connectivity index (χ4n) is 3.90. The number of hydrogen-bond donors (Lipinski definition) is 3.